The van der Waals surface area contributed by atoms with Gasteiger partial charge in [0.25, 0.3) is 0 Å². The summed E-state index contributed by atoms with van der Waals surface area (Å²) in [7, 11) is 4.35. The van der Waals surface area contributed by atoms with Gasteiger partial charge in [-0.05, 0) is 140 Å². The first-order valence-corrected chi connectivity index (χ1v) is 18.8. The first kappa shape index (κ1) is 28.8. The summed E-state index contributed by atoms with van der Waals surface area (Å²) < 4.78 is 0. The quantitative estimate of drug-likeness (QED) is 0.270. The highest BCUT2D eigenvalue weighted by Gasteiger charge is 2.50. The number of aryl methyl sites for hydroxylation is 1. The molecule has 4 aliphatic rings. The number of phenolic OH excluding ortho intramolecular Hbond substituents is 1. The van der Waals surface area contributed by atoms with Gasteiger partial charge in [0.1, 0.15) is 5.75 Å². The molecule has 0 unspecified atom stereocenters. The van der Waals surface area contributed by atoms with E-state index in [9.17, 15) is 5.11 Å². The molecule has 216 valence electrons. The summed E-state index contributed by atoms with van der Waals surface area (Å²) >= 11 is 0. The second-order valence-corrected chi connectivity index (χ2v) is 16.5. The molecule has 0 radical (unpaired) electrons. The molecule has 7 atom stereocenters. The summed E-state index contributed by atoms with van der Waals surface area (Å²) in [5.41, 5.74) is 6.01. The number of aromatic hydroxyl groups is 1. The third kappa shape index (κ3) is 6.51. The second kappa shape index (κ2) is 12.9. The minimum absolute atomic E-state index is 0.440. The molecule has 2 aromatic carbocycles. The number of allylic oxidation sites excluding steroid dienone is 2. The standard InChI is InChI=1S/C37H50OS2/c1-3-27-12-13-31-9-4-5-10-32(31)17-28-16-29(21-34(38)20-28)18-33-19-30(25-40-39-24-27)22-36-35(33)11-7-15-37(36)14-6-8-26(2)23-37/h4-6,9-10,14,16,20-21,26-27,30,33,35-36,38H,3,7-8,11-13,15,17-19,22-25H2,1-2H3/t26-,27-,30+,33-,35-,36+,37+/m0/s1. The number of fused-ring (bicyclic) bond motifs is 8. The second-order valence-electron chi connectivity index (χ2n) is 14.0. The molecule has 1 nitrogen and oxygen atoms in total. The molecule has 0 saturated heterocycles. The zero-order valence-corrected chi connectivity index (χ0v) is 26.5. The van der Waals surface area contributed by atoms with Crippen LogP contribution in [0.5, 0.6) is 5.75 Å². The van der Waals surface area contributed by atoms with Crippen LogP contribution in [0.15, 0.2) is 54.6 Å². The van der Waals surface area contributed by atoms with Crippen LogP contribution in [0.4, 0.5) is 0 Å². The topological polar surface area (TPSA) is 20.2 Å². The van der Waals surface area contributed by atoms with Crippen molar-refractivity contribution < 1.29 is 5.11 Å². The lowest BCUT2D eigenvalue weighted by Gasteiger charge is -2.55. The molecule has 6 rings (SSSR count). The van der Waals surface area contributed by atoms with Crippen molar-refractivity contribution in [3.05, 3.63) is 76.9 Å². The van der Waals surface area contributed by atoms with Crippen LogP contribution in [0.3, 0.4) is 0 Å². The third-order valence-electron chi connectivity index (χ3n) is 11.1. The summed E-state index contributed by atoms with van der Waals surface area (Å²) in [5.74, 6) is 7.87. The summed E-state index contributed by atoms with van der Waals surface area (Å²) in [6, 6.07) is 15.6. The van der Waals surface area contributed by atoms with Gasteiger partial charge in [-0.3, -0.25) is 0 Å². The highest BCUT2D eigenvalue weighted by Crippen LogP contribution is 2.59. The van der Waals surface area contributed by atoms with Gasteiger partial charge in [-0.25, -0.2) is 0 Å². The van der Waals surface area contributed by atoms with Crippen LogP contribution in [0.2, 0.25) is 0 Å². The van der Waals surface area contributed by atoms with Gasteiger partial charge >= 0.3 is 0 Å². The van der Waals surface area contributed by atoms with Gasteiger partial charge in [-0.2, -0.15) is 0 Å². The Hall–Kier alpha value is -1.32. The Labute approximate surface area is 251 Å². The van der Waals surface area contributed by atoms with Crippen molar-refractivity contribution in [1.82, 2.24) is 0 Å². The SMILES string of the molecule is CC[C@H]1CCc2ccccc2Cc2cc(O)cc(c2)C[C@H]2C[C@@H](CSSC1)C[C@@H]1[C@H]2CCC[C@@]12C=CC[C@H](C)C2. The molecule has 4 bridgehead atoms. The predicted molar refractivity (Wildman–Crippen MR) is 175 cm³/mol. The lowest BCUT2D eigenvalue weighted by molar-refractivity contribution is -0.0224. The first-order chi connectivity index (χ1) is 19.5. The van der Waals surface area contributed by atoms with E-state index >= 15 is 0 Å². The van der Waals surface area contributed by atoms with E-state index in [1.807, 2.05) is 6.07 Å². The minimum Gasteiger partial charge on any atom is -0.508 e. The van der Waals surface area contributed by atoms with Crippen molar-refractivity contribution in [3.63, 3.8) is 0 Å². The van der Waals surface area contributed by atoms with Crippen molar-refractivity contribution in [3.8, 4) is 5.75 Å². The highest BCUT2D eigenvalue weighted by atomic mass is 33.1. The van der Waals surface area contributed by atoms with Crippen molar-refractivity contribution in [2.75, 3.05) is 11.5 Å². The Kier molecular flexibility index (Phi) is 9.29. The van der Waals surface area contributed by atoms with E-state index < -0.39 is 0 Å². The third-order valence-corrected chi connectivity index (χ3v) is 13.8. The number of hydrogen-bond donors (Lipinski definition) is 1. The fourth-order valence-corrected chi connectivity index (χ4v) is 12.2. The van der Waals surface area contributed by atoms with Gasteiger partial charge < -0.3 is 5.11 Å². The lowest BCUT2D eigenvalue weighted by atomic mass is 9.50. The zero-order chi connectivity index (χ0) is 27.5. The maximum atomic E-state index is 10.9. The fraction of sp³-hybridized carbons (Fsp3) is 0.622. The minimum atomic E-state index is 0.440. The van der Waals surface area contributed by atoms with Crippen molar-refractivity contribution in [2.45, 2.75) is 90.9 Å². The lowest BCUT2D eigenvalue weighted by Crippen LogP contribution is -2.47. The predicted octanol–water partition coefficient (Wildman–Crippen LogP) is 10.3. The summed E-state index contributed by atoms with van der Waals surface area (Å²) in [4.78, 5) is 0. The van der Waals surface area contributed by atoms with Gasteiger partial charge in [0.15, 0.2) is 0 Å². The molecule has 1 aliphatic heterocycles. The molecule has 3 heteroatoms. The molecule has 3 aliphatic carbocycles. The summed E-state index contributed by atoms with van der Waals surface area (Å²) in [5, 5.41) is 10.9. The molecule has 1 spiro atoms. The van der Waals surface area contributed by atoms with E-state index in [2.05, 4.69) is 84.0 Å². The van der Waals surface area contributed by atoms with E-state index in [-0.39, 0.29) is 0 Å². The summed E-state index contributed by atoms with van der Waals surface area (Å²) in [6.07, 6.45) is 20.7. The smallest absolute Gasteiger partial charge is 0.116 e. The van der Waals surface area contributed by atoms with Gasteiger partial charge in [-0.15, -0.1) is 0 Å². The Morgan fingerprint density at radius 3 is 2.65 bits per heavy atom. The van der Waals surface area contributed by atoms with E-state index in [4.69, 9.17) is 0 Å². The Balaban J connectivity index is 1.33. The van der Waals surface area contributed by atoms with Crippen LogP contribution in [0, 0.1) is 40.9 Å². The van der Waals surface area contributed by atoms with Crippen LogP contribution >= 0.6 is 21.6 Å². The van der Waals surface area contributed by atoms with Crippen LogP contribution in [-0.4, -0.2) is 16.6 Å². The maximum Gasteiger partial charge on any atom is 0.116 e. The normalized spacial score (nSPS) is 35.0. The molecule has 40 heavy (non-hydrogen) atoms. The average Bonchev–Trinajstić information content (AvgIpc) is 2.93. The van der Waals surface area contributed by atoms with Crippen molar-refractivity contribution >= 4 is 21.6 Å². The largest absolute Gasteiger partial charge is 0.508 e. The molecular weight excluding hydrogens is 525 g/mol. The number of phenols is 1. The number of rotatable bonds is 1. The summed E-state index contributed by atoms with van der Waals surface area (Å²) in [6.45, 7) is 4.87. The van der Waals surface area contributed by atoms with Crippen molar-refractivity contribution in [2.24, 2.45) is 40.9 Å². The van der Waals surface area contributed by atoms with Crippen LogP contribution < -0.4 is 0 Å². The van der Waals surface area contributed by atoms with Crippen LogP contribution in [0.25, 0.3) is 0 Å². The van der Waals surface area contributed by atoms with Gasteiger partial charge in [-0.1, -0.05) is 90.8 Å². The average molecular weight is 575 g/mol. The number of hydrogen-bond acceptors (Lipinski definition) is 3. The van der Waals surface area contributed by atoms with Crippen LogP contribution in [0.1, 0.15) is 93.9 Å². The van der Waals surface area contributed by atoms with Gasteiger partial charge in [0, 0.05) is 11.5 Å². The van der Waals surface area contributed by atoms with Crippen LogP contribution in [-0.2, 0) is 19.3 Å². The maximum absolute atomic E-state index is 10.9. The molecular formula is C37H50OS2. The van der Waals surface area contributed by atoms with E-state index in [1.54, 1.807) is 0 Å². The zero-order valence-electron chi connectivity index (χ0n) is 24.8. The van der Waals surface area contributed by atoms with Gasteiger partial charge in [0.2, 0.25) is 0 Å². The molecule has 2 fully saturated rings. The van der Waals surface area contributed by atoms with Gasteiger partial charge in [0.05, 0.1) is 0 Å². The van der Waals surface area contributed by atoms with Crippen molar-refractivity contribution in [1.29, 1.82) is 0 Å². The molecule has 1 N–H and O–H groups in total. The number of benzene rings is 2. The van der Waals surface area contributed by atoms with E-state index in [0.717, 1.165) is 54.8 Å². The molecule has 1 heterocycles. The first-order valence-electron chi connectivity index (χ1n) is 16.3. The Morgan fingerprint density at radius 1 is 0.975 bits per heavy atom. The van der Waals surface area contributed by atoms with E-state index in [1.165, 1.54) is 91.5 Å². The monoisotopic (exact) mass is 574 g/mol. The fourth-order valence-electron chi connectivity index (χ4n) is 9.19. The Bertz CT molecular complexity index is 1170. The molecule has 2 saturated carbocycles. The molecule has 2 aromatic rings. The molecule has 0 aromatic heterocycles. The Morgan fingerprint density at radius 2 is 1.80 bits per heavy atom. The highest BCUT2D eigenvalue weighted by molar-refractivity contribution is 8.76. The molecule has 0 amide bonds. The van der Waals surface area contributed by atoms with E-state index in [0.29, 0.717) is 11.2 Å².